The van der Waals surface area contributed by atoms with Crippen molar-refractivity contribution in [1.82, 2.24) is 0 Å². The molecule has 0 unspecified atom stereocenters. The zero-order valence-corrected chi connectivity index (χ0v) is 52.4. The van der Waals surface area contributed by atoms with E-state index < -0.39 is 11.0 Å². The van der Waals surface area contributed by atoms with Gasteiger partial charge in [0.1, 0.15) is 0 Å². The summed E-state index contributed by atoms with van der Waals surface area (Å²) in [4.78, 5) is 0. The molecule has 0 saturated heterocycles. The van der Waals surface area contributed by atoms with E-state index in [1.807, 2.05) is 0 Å². The first-order chi connectivity index (χ1) is 30.2. The number of halogens is 2. The van der Waals surface area contributed by atoms with Crippen molar-refractivity contribution >= 4 is 31.7 Å². The molecule has 4 aliphatic rings. The van der Waals surface area contributed by atoms with Gasteiger partial charge in [-0.25, -0.2) is 24.3 Å². The predicted molar refractivity (Wildman–Crippen MR) is 276 cm³/mol. The van der Waals surface area contributed by atoms with Crippen LogP contribution in [0.1, 0.15) is 109 Å². The number of allylic oxidation sites excluding steroid dienone is 16. The Morgan fingerprint density at radius 1 is 0.318 bits per heavy atom. The average Bonchev–Trinajstić information content (AvgIpc) is 4.13. The van der Waals surface area contributed by atoms with Gasteiger partial charge in [0.25, 0.3) is 0 Å². The normalized spacial score (nSPS) is 14.2. The number of hydrogen-bond acceptors (Lipinski definition) is 0. The summed E-state index contributed by atoms with van der Waals surface area (Å²) in [5, 5.41) is 6.15. The van der Waals surface area contributed by atoms with Crippen molar-refractivity contribution in [3.63, 3.8) is 0 Å². The van der Waals surface area contributed by atoms with Gasteiger partial charge >= 0.3 is 199 Å². The molecule has 0 bridgehead atoms. The van der Waals surface area contributed by atoms with E-state index in [0.717, 1.165) is 25.7 Å². The Bertz CT molecular complexity index is 1970. The van der Waals surface area contributed by atoms with Gasteiger partial charge in [-0.3, -0.25) is 24.3 Å². The number of rotatable bonds is 4. The Morgan fingerprint density at radius 3 is 0.591 bits per heavy atom. The van der Waals surface area contributed by atoms with Crippen LogP contribution in [0, 0.1) is 46.0 Å². The monoisotopic (exact) mass is 1280 g/mol. The maximum atomic E-state index is 3.16. The Hall–Kier alpha value is -2.45. The molecular formula is C60H72Cl2Hf2Si2-2. The van der Waals surface area contributed by atoms with Crippen molar-refractivity contribution in [2.75, 3.05) is 0 Å². The summed E-state index contributed by atoms with van der Waals surface area (Å²) < 4.78 is 0. The summed E-state index contributed by atoms with van der Waals surface area (Å²) in [5.74, 6) is 0. The van der Waals surface area contributed by atoms with E-state index in [0.29, 0.717) is 21.7 Å². The molecule has 344 valence electrons. The Balaban J connectivity index is 0.000000399. The van der Waals surface area contributed by atoms with Crippen LogP contribution in [0.5, 0.6) is 0 Å². The van der Waals surface area contributed by atoms with Crippen LogP contribution in [0.2, 0.25) is 0 Å². The standard InChI is InChI=1S/2C12H10Si.4C9H13.2ClH.2Hf/c2*1-3-7-11(8-4-1)13-12-9-5-2-6-10-12;4*1-9(2,3)8-6-4-5-7-8;;;;/h2*1-10H;4*6-7H,4H2,1-3H3;2*1H;;/q;;4*-1;;;2*+2/p-2. The van der Waals surface area contributed by atoms with E-state index >= 15 is 0 Å². The van der Waals surface area contributed by atoms with Gasteiger partial charge in [-0.1, -0.05) is 105 Å². The minimum absolute atomic E-state index is 0. The van der Waals surface area contributed by atoms with Gasteiger partial charge in [0.15, 0.2) is 0 Å². The van der Waals surface area contributed by atoms with Crippen LogP contribution in [-0.2, 0) is 46.0 Å². The molecule has 0 saturated carbocycles. The fraction of sp³-hybridized carbons (Fsp3) is 0.333. The molecule has 0 atom stereocenters. The van der Waals surface area contributed by atoms with Crippen molar-refractivity contribution in [2.24, 2.45) is 21.7 Å². The molecule has 0 spiro atoms. The first kappa shape index (κ1) is 61.6. The SMILES string of the molecule is CC(C)(C)C1=CC[C-]=C1.CC(C)(C)C1=CC[C-]=C1.CC(C)(C)C1=CC[C-]=C1.CC(C)(C)C1=CC[C-]=C1.[Cl-].[Cl-].[Hf+2]=[Si](c1ccccc1)c1ccccc1.[Hf+2]=[Si](c1ccccc1)c1ccccc1. The van der Waals surface area contributed by atoms with Crippen molar-refractivity contribution in [2.45, 2.75) is 109 Å². The van der Waals surface area contributed by atoms with Gasteiger partial charge in [0.2, 0.25) is 0 Å². The molecule has 0 aromatic heterocycles. The van der Waals surface area contributed by atoms with E-state index in [4.69, 9.17) is 0 Å². The van der Waals surface area contributed by atoms with E-state index in [9.17, 15) is 0 Å². The van der Waals surface area contributed by atoms with Crippen molar-refractivity contribution in [3.05, 3.63) is 217 Å². The van der Waals surface area contributed by atoms with E-state index in [2.05, 4.69) is 277 Å². The maximum absolute atomic E-state index is 3.16. The molecule has 66 heavy (non-hydrogen) atoms. The summed E-state index contributed by atoms with van der Waals surface area (Å²) in [5.41, 5.74) is 6.16. The second kappa shape index (κ2) is 30.9. The molecule has 0 aliphatic heterocycles. The van der Waals surface area contributed by atoms with Gasteiger partial charge in [-0.2, -0.15) is 46.6 Å². The number of benzene rings is 4. The van der Waals surface area contributed by atoms with Crippen LogP contribution in [0.3, 0.4) is 0 Å². The molecular weight excluding hydrogens is 1200 g/mol. The van der Waals surface area contributed by atoms with Crippen LogP contribution >= 0.6 is 0 Å². The molecule has 4 aromatic carbocycles. The molecule has 0 fully saturated rings. The predicted octanol–water partition coefficient (Wildman–Crippen LogP) is 7.57. The molecule has 0 N–H and O–H groups in total. The van der Waals surface area contributed by atoms with E-state index in [-0.39, 0.29) is 24.8 Å². The molecule has 8 rings (SSSR count). The Kier molecular flexibility index (Phi) is 28.8. The van der Waals surface area contributed by atoms with E-state index in [1.165, 1.54) is 89.0 Å². The molecule has 0 nitrogen and oxygen atoms in total. The molecule has 0 amide bonds. The first-order valence-corrected chi connectivity index (χ1v) is 36.4. The molecule has 4 aliphatic carbocycles. The molecule has 4 aromatic rings. The summed E-state index contributed by atoms with van der Waals surface area (Å²) in [6, 6.07) is 43.5. The Labute approximate surface area is 445 Å². The average molecular weight is 1280 g/mol. The summed E-state index contributed by atoms with van der Waals surface area (Å²) in [6.45, 7) is 26.7. The van der Waals surface area contributed by atoms with Crippen LogP contribution in [0.4, 0.5) is 0 Å². The minimum atomic E-state index is -0.406. The van der Waals surface area contributed by atoms with Crippen LogP contribution < -0.4 is 45.6 Å². The van der Waals surface area contributed by atoms with Crippen LogP contribution in [-0.4, -0.2) is 11.0 Å². The third-order valence-electron chi connectivity index (χ3n) is 10.5. The quantitative estimate of drug-likeness (QED) is 0.146. The van der Waals surface area contributed by atoms with Crippen LogP contribution in [0.25, 0.3) is 0 Å². The van der Waals surface area contributed by atoms with Gasteiger partial charge in [-0.05, 0) is 0 Å². The zero-order chi connectivity index (χ0) is 47.2. The van der Waals surface area contributed by atoms with Gasteiger partial charge in [0.05, 0.1) is 0 Å². The summed E-state index contributed by atoms with van der Waals surface area (Å²) >= 11 is 2.53. The second-order valence-electron chi connectivity index (χ2n) is 20.1. The topological polar surface area (TPSA) is 0 Å². The molecule has 0 radical (unpaired) electrons. The zero-order valence-electron chi connectivity index (χ0n) is 41.8. The molecule has 0 heterocycles. The van der Waals surface area contributed by atoms with Crippen molar-refractivity contribution in [1.29, 1.82) is 0 Å². The Morgan fingerprint density at radius 2 is 0.485 bits per heavy atom. The van der Waals surface area contributed by atoms with Crippen LogP contribution in [0.15, 0.2) is 192 Å². The van der Waals surface area contributed by atoms with Gasteiger partial charge in [0, 0.05) is 0 Å². The van der Waals surface area contributed by atoms with E-state index in [1.54, 1.807) is 0 Å². The van der Waals surface area contributed by atoms with Gasteiger partial charge in [-0.15, -0.1) is 25.7 Å². The summed E-state index contributed by atoms with van der Waals surface area (Å²) in [7, 11) is 0. The third-order valence-corrected chi connectivity index (χ3v) is 26.6. The van der Waals surface area contributed by atoms with Crippen molar-refractivity contribution < 1.29 is 70.8 Å². The fourth-order valence-corrected chi connectivity index (χ4v) is 16.4. The third kappa shape index (κ3) is 23.7. The summed E-state index contributed by atoms with van der Waals surface area (Å²) in [6.07, 6.45) is 34.0. The van der Waals surface area contributed by atoms with Gasteiger partial charge < -0.3 is 24.8 Å². The second-order valence-corrected chi connectivity index (χ2v) is 34.6. The fourth-order valence-electron chi connectivity index (χ4n) is 6.43. The number of hydrogen-bond donors (Lipinski definition) is 0. The first-order valence-electron chi connectivity index (χ1n) is 22.7. The molecule has 6 heteroatoms. The van der Waals surface area contributed by atoms with Crippen molar-refractivity contribution in [3.8, 4) is 0 Å².